The van der Waals surface area contributed by atoms with Crippen LogP contribution in [0.5, 0.6) is 0 Å². The standard InChI is InChI=1S/C14H17ClF3N5O/c1-8-12(15)9(2)23(20-8)6-4-5-19-13(24)10-7-11(14(16,17)18)22(3)21-10/h7H,4-6H2,1-3H3,(H,19,24). The summed E-state index contributed by atoms with van der Waals surface area (Å²) in [5.74, 6) is -0.646. The summed E-state index contributed by atoms with van der Waals surface area (Å²) >= 11 is 6.04. The second kappa shape index (κ2) is 6.84. The van der Waals surface area contributed by atoms with Crippen molar-refractivity contribution in [1.29, 1.82) is 0 Å². The Bertz CT molecular complexity index is 750. The number of hydrogen-bond donors (Lipinski definition) is 1. The van der Waals surface area contributed by atoms with Gasteiger partial charge in [0.25, 0.3) is 5.91 Å². The molecule has 0 saturated heterocycles. The largest absolute Gasteiger partial charge is 0.433 e. The number of rotatable bonds is 5. The van der Waals surface area contributed by atoms with Gasteiger partial charge in [-0.1, -0.05) is 11.6 Å². The van der Waals surface area contributed by atoms with Gasteiger partial charge in [0.15, 0.2) is 5.69 Å². The van der Waals surface area contributed by atoms with Crippen molar-refractivity contribution in [2.45, 2.75) is 33.0 Å². The Hall–Kier alpha value is -2.03. The Morgan fingerprint density at radius 2 is 2.00 bits per heavy atom. The van der Waals surface area contributed by atoms with Crippen LogP contribution >= 0.6 is 11.6 Å². The number of nitrogens with zero attached hydrogens (tertiary/aromatic N) is 4. The predicted octanol–water partition coefficient (Wildman–Crippen LogP) is 2.73. The van der Waals surface area contributed by atoms with Crippen LogP contribution in [-0.4, -0.2) is 32.0 Å². The molecule has 0 bridgehead atoms. The monoisotopic (exact) mass is 363 g/mol. The molecule has 1 amide bonds. The molecular weight excluding hydrogens is 347 g/mol. The molecule has 132 valence electrons. The molecule has 10 heteroatoms. The van der Waals surface area contributed by atoms with Gasteiger partial charge in [-0.2, -0.15) is 23.4 Å². The van der Waals surface area contributed by atoms with Gasteiger partial charge < -0.3 is 5.32 Å². The summed E-state index contributed by atoms with van der Waals surface area (Å²) in [6.07, 6.45) is -3.99. The molecule has 2 aromatic heterocycles. The summed E-state index contributed by atoms with van der Waals surface area (Å²) in [5.41, 5.74) is 0.329. The van der Waals surface area contributed by atoms with E-state index in [1.54, 1.807) is 11.6 Å². The highest BCUT2D eigenvalue weighted by atomic mass is 35.5. The molecule has 2 rings (SSSR count). The van der Waals surface area contributed by atoms with E-state index in [1.165, 1.54) is 0 Å². The van der Waals surface area contributed by atoms with E-state index in [0.29, 0.717) is 22.7 Å². The Balaban J connectivity index is 1.89. The summed E-state index contributed by atoms with van der Waals surface area (Å²) in [4.78, 5) is 11.9. The summed E-state index contributed by atoms with van der Waals surface area (Å²) in [6, 6.07) is 0.732. The fourth-order valence-corrected chi connectivity index (χ4v) is 2.39. The molecule has 1 N–H and O–H groups in total. The lowest BCUT2D eigenvalue weighted by atomic mass is 10.3. The Kier molecular flexibility index (Phi) is 5.22. The molecule has 0 aliphatic rings. The van der Waals surface area contributed by atoms with E-state index in [4.69, 9.17) is 11.6 Å². The molecule has 6 nitrogen and oxygen atoms in total. The van der Waals surface area contributed by atoms with Crippen molar-refractivity contribution in [2.24, 2.45) is 7.05 Å². The van der Waals surface area contributed by atoms with Gasteiger partial charge in [-0.3, -0.25) is 14.2 Å². The van der Waals surface area contributed by atoms with Crippen molar-refractivity contribution < 1.29 is 18.0 Å². The maximum absolute atomic E-state index is 12.7. The third-order valence-electron chi connectivity index (χ3n) is 3.53. The van der Waals surface area contributed by atoms with Gasteiger partial charge in [0, 0.05) is 26.2 Å². The minimum absolute atomic E-state index is 0.265. The van der Waals surface area contributed by atoms with Gasteiger partial charge >= 0.3 is 6.18 Å². The molecular formula is C14H17ClF3N5O. The minimum Gasteiger partial charge on any atom is -0.351 e. The van der Waals surface area contributed by atoms with Crippen molar-refractivity contribution in [3.8, 4) is 0 Å². The topological polar surface area (TPSA) is 64.7 Å². The van der Waals surface area contributed by atoms with Crippen LogP contribution in [0.1, 0.15) is 34.0 Å². The zero-order chi connectivity index (χ0) is 18.1. The van der Waals surface area contributed by atoms with Gasteiger partial charge in [0.05, 0.1) is 16.4 Å². The molecule has 2 heterocycles. The Morgan fingerprint density at radius 1 is 1.33 bits per heavy atom. The Labute approximate surface area is 141 Å². The number of carbonyl (C=O) groups is 1. The fraction of sp³-hybridized carbons (Fsp3) is 0.500. The molecule has 0 atom stereocenters. The smallest absolute Gasteiger partial charge is 0.351 e. The number of amides is 1. The third-order valence-corrected chi connectivity index (χ3v) is 4.08. The average molecular weight is 364 g/mol. The fourth-order valence-electron chi connectivity index (χ4n) is 2.26. The van der Waals surface area contributed by atoms with E-state index < -0.39 is 17.8 Å². The minimum atomic E-state index is -4.55. The van der Waals surface area contributed by atoms with Crippen molar-refractivity contribution >= 4 is 17.5 Å². The quantitative estimate of drug-likeness (QED) is 0.831. The molecule has 0 spiro atoms. The molecule has 2 aromatic rings. The normalized spacial score (nSPS) is 11.8. The highest BCUT2D eigenvalue weighted by Gasteiger charge is 2.35. The van der Waals surface area contributed by atoms with E-state index in [2.05, 4.69) is 15.5 Å². The lowest BCUT2D eigenvalue weighted by molar-refractivity contribution is -0.143. The number of aromatic nitrogens is 4. The number of aryl methyl sites for hydroxylation is 3. The molecule has 0 aliphatic heterocycles. The first-order valence-corrected chi connectivity index (χ1v) is 7.58. The number of hydrogen-bond acceptors (Lipinski definition) is 3. The zero-order valence-electron chi connectivity index (χ0n) is 13.4. The zero-order valence-corrected chi connectivity index (χ0v) is 14.2. The highest BCUT2D eigenvalue weighted by Crippen LogP contribution is 2.29. The van der Waals surface area contributed by atoms with Crippen LogP contribution in [0.4, 0.5) is 13.2 Å². The predicted molar refractivity (Wildman–Crippen MR) is 81.9 cm³/mol. The molecule has 0 unspecified atom stereocenters. The second-order valence-electron chi connectivity index (χ2n) is 5.35. The van der Waals surface area contributed by atoms with Crippen LogP contribution in [0.3, 0.4) is 0 Å². The van der Waals surface area contributed by atoms with Crippen molar-refractivity contribution in [1.82, 2.24) is 24.9 Å². The highest BCUT2D eigenvalue weighted by molar-refractivity contribution is 6.31. The lowest BCUT2D eigenvalue weighted by Gasteiger charge is -2.05. The van der Waals surface area contributed by atoms with Crippen molar-refractivity contribution in [3.63, 3.8) is 0 Å². The molecule has 0 aliphatic carbocycles. The maximum atomic E-state index is 12.7. The van der Waals surface area contributed by atoms with E-state index in [9.17, 15) is 18.0 Å². The van der Waals surface area contributed by atoms with Gasteiger partial charge in [-0.15, -0.1) is 0 Å². The van der Waals surface area contributed by atoms with Crippen molar-refractivity contribution in [2.75, 3.05) is 6.54 Å². The molecule has 0 aromatic carbocycles. The second-order valence-corrected chi connectivity index (χ2v) is 5.73. The first-order chi connectivity index (χ1) is 11.1. The Morgan fingerprint density at radius 3 is 2.50 bits per heavy atom. The van der Waals surface area contributed by atoms with Crippen LogP contribution in [0.25, 0.3) is 0 Å². The number of alkyl halides is 3. The van der Waals surface area contributed by atoms with Gasteiger partial charge in [0.2, 0.25) is 0 Å². The first kappa shape index (κ1) is 18.3. The van der Waals surface area contributed by atoms with Gasteiger partial charge in [-0.25, -0.2) is 0 Å². The third kappa shape index (κ3) is 3.89. The van der Waals surface area contributed by atoms with Gasteiger partial charge in [-0.05, 0) is 20.3 Å². The van der Waals surface area contributed by atoms with E-state index >= 15 is 0 Å². The maximum Gasteiger partial charge on any atom is 0.433 e. The number of halogens is 4. The molecule has 0 fully saturated rings. The summed E-state index contributed by atoms with van der Waals surface area (Å²) in [7, 11) is 1.15. The summed E-state index contributed by atoms with van der Waals surface area (Å²) in [5, 5.41) is 11.0. The van der Waals surface area contributed by atoms with E-state index in [0.717, 1.165) is 24.5 Å². The number of nitrogens with one attached hydrogen (secondary N) is 1. The molecule has 0 saturated carbocycles. The summed E-state index contributed by atoms with van der Waals surface area (Å²) in [6.45, 7) is 4.46. The van der Waals surface area contributed by atoms with Gasteiger partial charge in [0.1, 0.15) is 5.69 Å². The number of carbonyl (C=O) groups excluding carboxylic acids is 1. The molecule has 0 radical (unpaired) electrons. The van der Waals surface area contributed by atoms with Crippen molar-refractivity contribution in [3.05, 3.63) is 33.9 Å². The summed E-state index contributed by atoms with van der Waals surface area (Å²) < 4.78 is 40.4. The van der Waals surface area contributed by atoms with Crippen LogP contribution in [-0.2, 0) is 19.8 Å². The first-order valence-electron chi connectivity index (χ1n) is 7.20. The van der Waals surface area contributed by atoms with E-state index in [-0.39, 0.29) is 12.2 Å². The molecule has 24 heavy (non-hydrogen) atoms. The van der Waals surface area contributed by atoms with Crippen LogP contribution in [0.2, 0.25) is 5.02 Å². The lowest BCUT2D eigenvalue weighted by Crippen LogP contribution is -2.26. The van der Waals surface area contributed by atoms with E-state index in [1.807, 2.05) is 6.92 Å². The average Bonchev–Trinajstić information content (AvgIpc) is 2.99. The van der Waals surface area contributed by atoms with Crippen LogP contribution in [0.15, 0.2) is 6.07 Å². The van der Waals surface area contributed by atoms with Crippen LogP contribution in [0, 0.1) is 13.8 Å². The van der Waals surface area contributed by atoms with Crippen LogP contribution < -0.4 is 5.32 Å². The SMILES string of the molecule is Cc1nn(CCCNC(=O)c2cc(C(F)(F)F)n(C)n2)c(C)c1Cl.